The van der Waals surface area contributed by atoms with Crippen LogP contribution in [0.15, 0.2) is 34.3 Å². The summed E-state index contributed by atoms with van der Waals surface area (Å²) in [6.45, 7) is 3.37. The average molecular weight is 456 g/mol. The van der Waals surface area contributed by atoms with Gasteiger partial charge in [0.05, 0.1) is 35.0 Å². The zero-order valence-corrected chi connectivity index (χ0v) is 17.7. The number of furan rings is 1. The number of benzene rings is 1. The number of carbonyl (C=O) groups excluding carboxylic acids is 2. The molecule has 0 radical (unpaired) electrons. The van der Waals surface area contributed by atoms with E-state index in [4.69, 9.17) is 27.6 Å². The van der Waals surface area contributed by atoms with Crippen LogP contribution < -0.4 is 10.6 Å². The summed E-state index contributed by atoms with van der Waals surface area (Å²) < 4.78 is 18.8. The molecule has 2 N–H and O–H groups in total. The van der Waals surface area contributed by atoms with E-state index < -0.39 is 11.9 Å². The first-order valence-electron chi connectivity index (χ1n) is 8.48. The smallest absolute Gasteiger partial charge is 0.260 e. The van der Waals surface area contributed by atoms with Crippen LogP contribution in [0.5, 0.6) is 0 Å². The number of nitrogens with zero attached hydrogens (tertiary/aromatic N) is 1. The number of aryl methyl sites for hydroxylation is 1. The summed E-state index contributed by atoms with van der Waals surface area (Å²) >= 11 is 13.0. The second-order valence-electron chi connectivity index (χ2n) is 6.24. The summed E-state index contributed by atoms with van der Waals surface area (Å²) in [5, 5.41) is 7.64. The Morgan fingerprint density at radius 1 is 1.31 bits per heavy atom. The number of hydrogen-bond acceptors (Lipinski definition) is 5. The van der Waals surface area contributed by atoms with Crippen LogP contribution in [0.4, 0.5) is 9.52 Å². The zero-order chi connectivity index (χ0) is 21.1. The molecule has 29 heavy (non-hydrogen) atoms. The van der Waals surface area contributed by atoms with E-state index in [1.807, 2.05) is 0 Å². The van der Waals surface area contributed by atoms with Gasteiger partial charge in [-0.1, -0.05) is 23.2 Å². The van der Waals surface area contributed by atoms with E-state index in [9.17, 15) is 14.0 Å². The first-order chi connectivity index (χ1) is 13.7. The first-order valence-corrected chi connectivity index (χ1v) is 10.1. The molecule has 0 saturated carbocycles. The molecule has 0 bridgehead atoms. The molecule has 3 rings (SSSR count). The van der Waals surface area contributed by atoms with Crippen molar-refractivity contribution in [3.05, 3.63) is 68.3 Å². The van der Waals surface area contributed by atoms with Gasteiger partial charge >= 0.3 is 0 Å². The second-order valence-corrected chi connectivity index (χ2v) is 7.91. The van der Waals surface area contributed by atoms with E-state index in [0.717, 1.165) is 0 Å². The van der Waals surface area contributed by atoms with Gasteiger partial charge in [0.2, 0.25) is 5.91 Å². The Labute approximate surface area is 180 Å². The number of amides is 2. The zero-order valence-electron chi connectivity index (χ0n) is 15.4. The van der Waals surface area contributed by atoms with Crippen molar-refractivity contribution in [3.8, 4) is 0 Å². The van der Waals surface area contributed by atoms with Crippen molar-refractivity contribution in [1.82, 2.24) is 10.3 Å². The van der Waals surface area contributed by atoms with Crippen LogP contribution in [0.25, 0.3) is 0 Å². The van der Waals surface area contributed by atoms with Crippen molar-refractivity contribution < 1.29 is 18.4 Å². The molecule has 0 saturated heterocycles. The number of hydrogen-bond donors (Lipinski definition) is 2. The Kier molecular flexibility index (Phi) is 6.56. The SMILES string of the molecule is Cc1occc1C(=O)Nc1nc(CC(=O)NC(C)c2cc(F)c(Cl)cc2Cl)cs1. The maximum Gasteiger partial charge on any atom is 0.260 e. The summed E-state index contributed by atoms with van der Waals surface area (Å²) in [7, 11) is 0. The Bertz CT molecular complexity index is 1070. The predicted octanol–water partition coefficient (Wildman–Crippen LogP) is 5.16. The molecule has 0 spiro atoms. The molecule has 0 fully saturated rings. The standard InChI is InChI=1S/C19H16Cl2FN3O3S/c1-9(13-6-16(22)15(21)7-14(13)20)23-17(26)5-11-8-29-19(24-11)25-18(27)12-3-4-28-10(12)2/h3-4,6-9H,5H2,1-2H3,(H,23,26)(H,24,25,27). The molecule has 0 aliphatic carbocycles. The van der Waals surface area contributed by atoms with Gasteiger partial charge in [0, 0.05) is 10.4 Å². The van der Waals surface area contributed by atoms with Gasteiger partial charge in [0.25, 0.3) is 5.91 Å². The summed E-state index contributed by atoms with van der Waals surface area (Å²) in [4.78, 5) is 28.7. The van der Waals surface area contributed by atoms with Gasteiger partial charge in [-0.05, 0) is 37.6 Å². The number of carbonyl (C=O) groups is 2. The highest BCUT2D eigenvalue weighted by Crippen LogP contribution is 2.28. The van der Waals surface area contributed by atoms with Crippen LogP contribution in [0.3, 0.4) is 0 Å². The molecule has 6 nitrogen and oxygen atoms in total. The highest BCUT2D eigenvalue weighted by molar-refractivity contribution is 7.14. The molecule has 2 aromatic heterocycles. The Morgan fingerprint density at radius 2 is 2.07 bits per heavy atom. The van der Waals surface area contributed by atoms with Gasteiger partial charge in [0.15, 0.2) is 5.13 Å². The molecule has 3 aromatic rings. The number of anilines is 1. The van der Waals surface area contributed by atoms with Crippen molar-refractivity contribution in [2.75, 3.05) is 5.32 Å². The Morgan fingerprint density at radius 3 is 2.76 bits per heavy atom. The van der Waals surface area contributed by atoms with Crippen LogP contribution in [0.2, 0.25) is 10.0 Å². The van der Waals surface area contributed by atoms with E-state index >= 15 is 0 Å². The highest BCUT2D eigenvalue weighted by Gasteiger charge is 2.18. The second kappa shape index (κ2) is 8.94. The number of halogens is 3. The summed E-state index contributed by atoms with van der Waals surface area (Å²) in [6, 6.07) is 3.54. The molecule has 1 unspecified atom stereocenters. The summed E-state index contributed by atoms with van der Waals surface area (Å²) in [5.41, 5.74) is 1.33. The topological polar surface area (TPSA) is 84.2 Å². The lowest BCUT2D eigenvalue weighted by Crippen LogP contribution is -2.28. The molecule has 0 aliphatic rings. The average Bonchev–Trinajstić information content (AvgIpc) is 3.26. The van der Waals surface area contributed by atoms with Crippen LogP contribution >= 0.6 is 34.5 Å². The predicted molar refractivity (Wildman–Crippen MR) is 110 cm³/mol. The van der Waals surface area contributed by atoms with E-state index in [2.05, 4.69) is 15.6 Å². The molecule has 152 valence electrons. The van der Waals surface area contributed by atoms with Gasteiger partial charge < -0.3 is 9.73 Å². The van der Waals surface area contributed by atoms with Gasteiger partial charge in [-0.2, -0.15) is 0 Å². The minimum absolute atomic E-state index is 0.00482. The van der Waals surface area contributed by atoms with E-state index in [1.54, 1.807) is 25.3 Å². The first kappa shape index (κ1) is 21.3. The lowest BCUT2D eigenvalue weighted by atomic mass is 10.1. The maximum absolute atomic E-state index is 13.7. The van der Waals surface area contributed by atoms with Crippen LogP contribution in [0, 0.1) is 12.7 Å². The van der Waals surface area contributed by atoms with Crippen molar-refractivity contribution in [2.45, 2.75) is 26.3 Å². The quantitative estimate of drug-likeness (QED) is 0.502. The van der Waals surface area contributed by atoms with Crippen molar-refractivity contribution in [1.29, 1.82) is 0 Å². The third kappa shape index (κ3) is 5.14. The lowest BCUT2D eigenvalue weighted by molar-refractivity contribution is -0.121. The van der Waals surface area contributed by atoms with Crippen LogP contribution in [-0.2, 0) is 11.2 Å². The number of nitrogens with one attached hydrogen (secondary N) is 2. The number of thiazole rings is 1. The van der Waals surface area contributed by atoms with E-state index in [0.29, 0.717) is 27.7 Å². The van der Waals surface area contributed by atoms with Crippen molar-refractivity contribution in [3.63, 3.8) is 0 Å². The molecule has 0 aliphatic heterocycles. The molecule has 2 heterocycles. The van der Waals surface area contributed by atoms with Crippen LogP contribution in [-0.4, -0.2) is 16.8 Å². The molecule has 1 aromatic carbocycles. The Hall–Kier alpha value is -2.42. The normalized spacial score (nSPS) is 11.9. The van der Waals surface area contributed by atoms with Crippen molar-refractivity contribution in [2.24, 2.45) is 0 Å². The van der Waals surface area contributed by atoms with Gasteiger partial charge in [-0.3, -0.25) is 14.9 Å². The maximum atomic E-state index is 13.7. The van der Waals surface area contributed by atoms with Gasteiger partial charge in [0.1, 0.15) is 11.6 Å². The van der Waals surface area contributed by atoms with Crippen molar-refractivity contribution >= 4 is 51.5 Å². The molecule has 10 heteroatoms. The highest BCUT2D eigenvalue weighted by atomic mass is 35.5. The monoisotopic (exact) mass is 455 g/mol. The van der Waals surface area contributed by atoms with E-state index in [-0.39, 0.29) is 28.3 Å². The van der Waals surface area contributed by atoms with Crippen LogP contribution in [0.1, 0.15) is 40.3 Å². The summed E-state index contributed by atoms with van der Waals surface area (Å²) in [6.07, 6.45) is 1.43. The number of aromatic nitrogens is 1. The third-order valence-corrected chi connectivity index (χ3v) is 5.52. The fourth-order valence-electron chi connectivity index (χ4n) is 2.64. The fourth-order valence-corrected chi connectivity index (χ4v) is 3.89. The largest absolute Gasteiger partial charge is 0.469 e. The minimum Gasteiger partial charge on any atom is -0.469 e. The summed E-state index contributed by atoms with van der Waals surface area (Å²) in [5.74, 6) is -0.766. The van der Waals surface area contributed by atoms with Gasteiger partial charge in [-0.15, -0.1) is 11.3 Å². The van der Waals surface area contributed by atoms with Gasteiger partial charge in [-0.25, -0.2) is 9.37 Å². The molecular weight excluding hydrogens is 440 g/mol. The minimum atomic E-state index is -0.611. The molecular formula is C19H16Cl2FN3O3S. The lowest BCUT2D eigenvalue weighted by Gasteiger charge is -2.16. The number of rotatable bonds is 6. The Balaban J connectivity index is 1.59. The molecule has 2 amide bonds. The molecule has 1 atom stereocenters. The third-order valence-electron chi connectivity index (χ3n) is 4.10. The van der Waals surface area contributed by atoms with E-state index in [1.165, 1.54) is 29.7 Å². The fraction of sp³-hybridized carbons (Fsp3) is 0.211.